The molecule has 0 atom stereocenters. The average Bonchev–Trinajstić information content (AvgIpc) is 2.84. The molecule has 24 heavy (non-hydrogen) atoms. The van der Waals surface area contributed by atoms with Crippen LogP contribution in [0.2, 0.25) is 0 Å². The number of esters is 1. The number of nitrogen functional groups attached to an aromatic ring is 1. The Bertz CT molecular complexity index is 664. The van der Waals surface area contributed by atoms with Crippen LogP contribution >= 0.6 is 0 Å². The number of imidazole rings is 1. The minimum Gasteiger partial charge on any atom is -0.452 e. The number of para-hydroxylation sites is 1. The van der Waals surface area contributed by atoms with Crippen molar-refractivity contribution in [2.45, 2.75) is 40.2 Å². The minimum absolute atomic E-state index is 0.152. The monoisotopic (exact) mass is 333 g/mol. The van der Waals surface area contributed by atoms with Gasteiger partial charge in [0.1, 0.15) is 11.4 Å². The number of benzene rings is 1. The normalized spacial score (nSPS) is 10.8. The molecule has 2 N–H and O–H groups in total. The highest BCUT2D eigenvalue weighted by atomic mass is 16.6. The van der Waals surface area contributed by atoms with Gasteiger partial charge in [-0.2, -0.15) is 0 Å². The molecule has 6 heteroatoms. The topological polar surface area (TPSA) is 79.4 Å². The molecule has 0 fully saturated rings. The SMILES string of the molecule is CC.COCC(C)(C)OC(=O)c1c(N)nc(C)n1-c1ccccc1. The smallest absolute Gasteiger partial charge is 0.359 e. The molecule has 2 aromatic rings. The van der Waals surface area contributed by atoms with E-state index < -0.39 is 11.6 Å². The number of hydrogen-bond donors (Lipinski definition) is 1. The van der Waals surface area contributed by atoms with Crippen LogP contribution in [0.1, 0.15) is 44.0 Å². The maximum Gasteiger partial charge on any atom is 0.359 e. The number of nitrogens with zero attached hydrogens (tertiary/aromatic N) is 2. The molecule has 0 saturated carbocycles. The summed E-state index contributed by atoms with van der Waals surface area (Å²) in [6, 6.07) is 9.43. The highest BCUT2D eigenvalue weighted by Crippen LogP contribution is 2.23. The van der Waals surface area contributed by atoms with Gasteiger partial charge in [0.15, 0.2) is 11.5 Å². The molecule has 0 amide bonds. The van der Waals surface area contributed by atoms with Crippen molar-refractivity contribution in [2.24, 2.45) is 0 Å². The first kappa shape index (κ1) is 19.7. The Morgan fingerprint density at radius 1 is 1.25 bits per heavy atom. The molecule has 0 aliphatic heterocycles. The Morgan fingerprint density at radius 3 is 2.38 bits per heavy atom. The molecular formula is C18H27N3O3. The number of ether oxygens (including phenoxy) is 2. The lowest BCUT2D eigenvalue weighted by molar-refractivity contribution is -0.0370. The van der Waals surface area contributed by atoms with E-state index in [0.29, 0.717) is 5.82 Å². The standard InChI is InChI=1S/C16H21N3O3.C2H6/c1-11-18-14(17)13(15(20)22-16(2,3)10-21-4)19(11)12-8-6-5-7-9-12;1-2/h5-9H,10,17H2,1-4H3;1-2H3. The second-order valence-corrected chi connectivity index (χ2v) is 5.65. The number of hydrogen-bond acceptors (Lipinski definition) is 5. The third-order valence-corrected chi connectivity index (χ3v) is 3.14. The third kappa shape index (κ3) is 4.58. The third-order valence-electron chi connectivity index (χ3n) is 3.14. The van der Waals surface area contributed by atoms with Crippen LogP contribution < -0.4 is 5.73 Å². The van der Waals surface area contributed by atoms with Gasteiger partial charge in [-0.25, -0.2) is 9.78 Å². The molecule has 0 radical (unpaired) electrons. The van der Waals surface area contributed by atoms with Gasteiger partial charge in [0, 0.05) is 12.8 Å². The Labute approximate surface area is 143 Å². The zero-order chi connectivity index (χ0) is 18.3. The second kappa shape index (κ2) is 8.49. The van der Waals surface area contributed by atoms with Gasteiger partial charge in [0.25, 0.3) is 0 Å². The average molecular weight is 333 g/mol. The van der Waals surface area contributed by atoms with Crippen molar-refractivity contribution in [2.75, 3.05) is 19.5 Å². The van der Waals surface area contributed by atoms with Crippen molar-refractivity contribution in [1.29, 1.82) is 0 Å². The molecule has 0 aliphatic carbocycles. The lowest BCUT2D eigenvalue weighted by atomic mass is 10.1. The number of carbonyl (C=O) groups excluding carboxylic acids is 1. The van der Waals surface area contributed by atoms with E-state index in [1.165, 1.54) is 0 Å². The van der Waals surface area contributed by atoms with Gasteiger partial charge < -0.3 is 15.2 Å². The van der Waals surface area contributed by atoms with Crippen LogP contribution in [0.25, 0.3) is 5.69 Å². The van der Waals surface area contributed by atoms with Crippen LogP contribution in [0.15, 0.2) is 30.3 Å². The van der Waals surface area contributed by atoms with Gasteiger partial charge in [0.05, 0.1) is 6.61 Å². The molecule has 0 saturated heterocycles. The second-order valence-electron chi connectivity index (χ2n) is 5.65. The first-order chi connectivity index (χ1) is 11.4. The maximum absolute atomic E-state index is 12.5. The summed E-state index contributed by atoms with van der Waals surface area (Å²) in [5, 5.41) is 0. The lowest BCUT2D eigenvalue weighted by Crippen LogP contribution is -2.33. The van der Waals surface area contributed by atoms with Gasteiger partial charge in [-0.1, -0.05) is 32.0 Å². The number of anilines is 1. The van der Waals surface area contributed by atoms with E-state index in [1.54, 1.807) is 32.4 Å². The summed E-state index contributed by atoms with van der Waals surface area (Å²) in [4.78, 5) is 16.7. The fourth-order valence-electron chi connectivity index (χ4n) is 2.32. The Kier molecular flexibility index (Phi) is 6.97. The molecule has 1 aromatic heterocycles. The van der Waals surface area contributed by atoms with Crippen LogP contribution in [0.5, 0.6) is 0 Å². The predicted molar refractivity (Wildman–Crippen MR) is 95.4 cm³/mol. The highest BCUT2D eigenvalue weighted by molar-refractivity contribution is 5.93. The van der Waals surface area contributed by atoms with E-state index in [-0.39, 0.29) is 18.1 Å². The minimum atomic E-state index is -0.752. The first-order valence-corrected chi connectivity index (χ1v) is 7.98. The molecular weight excluding hydrogens is 306 g/mol. The Hall–Kier alpha value is -2.34. The van der Waals surface area contributed by atoms with Crippen LogP contribution in [-0.4, -0.2) is 34.8 Å². The summed E-state index contributed by atoms with van der Waals surface area (Å²) in [5.41, 5.74) is 6.19. The van der Waals surface area contributed by atoms with Gasteiger partial charge in [-0.15, -0.1) is 0 Å². The molecule has 0 bridgehead atoms. The Balaban J connectivity index is 0.00000139. The zero-order valence-corrected chi connectivity index (χ0v) is 15.3. The summed E-state index contributed by atoms with van der Waals surface area (Å²) < 4.78 is 12.3. The van der Waals surface area contributed by atoms with Gasteiger partial charge in [0.2, 0.25) is 0 Å². The van der Waals surface area contributed by atoms with Crippen molar-refractivity contribution >= 4 is 11.8 Å². The number of nitrogens with two attached hydrogens (primary N) is 1. The molecule has 6 nitrogen and oxygen atoms in total. The molecule has 2 rings (SSSR count). The lowest BCUT2D eigenvalue weighted by Gasteiger charge is -2.24. The van der Waals surface area contributed by atoms with Crippen molar-refractivity contribution in [3.05, 3.63) is 41.9 Å². The van der Waals surface area contributed by atoms with Crippen molar-refractivity contribution in [1.82, 2.24) is 9.55 Å². The Morgan fingerprint density at radius 2 is 1.83 bits per heavy atom. The summed E-state index contributed by atoms with van der Waals surface area (Å²) >= 11 is 0. The number of methoxy groups -OCH3 is 1. The van der Waals surface area contributed by atoms with E-state index in [4.69, 9.17) is 15.2 Å². The van der Waals surface area contributed by atoms with E-state index in [0.717, 1.165) is 5.69 Å². The van der Waals surface area contributed by atoms with Crippen LogP contribution in [0, 0.1) is 6.92 Å². The van der Waals surface area contributed by atoms with Crippen molar-refractivity contribution in [3.8, 4) is 5.69 Å². The van der Waals surface area contributed by atoms with Crippen molar-refractivity contribution in [3.63, 3.8) is 0 Å². The number of rotatable bonds is 5. The largest absolute Gasteiger partial charge is 0.452 e. The quantitative estimate of drug-likeness (QED) is 0.849. The molecule has 0 unspecified atom stereocenters. The fourth-order valence-corrected chi connectivity index (χ4v) is 2.32. The first-order valence-electron chi connectivity index (χ1n) is 7.98. The summed E-state index contributed by atoms with van der Waals surface area (Å²) in [6.45, 7) is 9.64. The fraction of sp³-hybridized carbons (Fsp3) is 0.444. The van der Waals surface area contributed by atoms with E-state index in [2.05, 4.69) is 4.98 Å². The maximum atomic E-state index is 12.5. The van der Waals surface area contributed by atoms with Crippen LogP contribution in [-0.2, 0) is 9.47 Å². The molecule has 0 spiro atoms. The molecule has 1 aromatic carbocycles. The van der Waals surface area contributed by atoms with Gasteiger partial charge >= 0.3 is 5.97 Å². The summed E-state index contributed by atoms with van der Waals surface area (Å²) in [7, 11) is 1.56. The van der Waals surface area contributed by atoms with Crippen LogP contribution in [0.3, 0.4) is 0 Å². The molecule has 0 aliphatic rings. The zero-order valence-electron chi connectivity index (χ0n) is 15.3. The predicted octanol–water partition coefficient (Wildman–Crippen LogP) is 3.37. The van der Waals surface area contributed by atoms with Crippen molar-refractivity contribution < 1.29 is 14.3 Å². The van der Waals surface area contributed by atoms with Gasteiger partial charge in [-0.3, -0.25) is 4.57 Å². The van der Waals surface area contributed by atoms with Crippen LogP contribution in [0.4, 0.5) is 5.82 Å². The molecule has 132 valence electrons. The number of aryl methyl sites for hydroxylation is 1. The number of aromatic nitrogens is 2. The highest BCUT2D eigenvalue weighted by Gasteiger charge is 2.29. The number of carbonyl (C=O) groups is 1. The van der Waals surface area contributed by atoms with E-state index in [1.807, 2.05) is 44.2 Å². The van der Waals surface area contributed by atoms with E-state index in [9.17, 15) is 4.79 Å². The van der Waals surface area contributed by atoms with Gasteiger partial charge in [-0.05, 0) is 32.9 Å². The summed E-state index contributed by atoms with van der Waals surface area (Å²) in [6.07, 6.45) is 0. The summed E-state index contributed by atoms with van der Waals surface area (Å²) in [5.74, 6) is 0.253. The molecule has 1 heterocycles. The van der Waals surface area contributed by atoms with E-state index >= 15 is 0 Å².